The maximum absolute atomic E-state index is 3.80. The Kier molecular flexibility index (Phi) is 5.06. The fraction of sp³-hybridized carbons (Fsp3) is 0.429. The number of rotatable bonds is 6. The normalized spacial score (nSPS) is 10.5. The van der Waals surface area contributed by atoms with E-state index >= 15 is 0 Å². The third-order valence-electron chi connectivity index (χ3n) is 2.68. The average molecular weight is 218 g/mol. The summed E-state index contributed by atoms with van der Waals surface area (Å²) in [6.45, 7) is 13.1. The average Bonchev–Trinajstić information content (AvgIpc) is 2.31. The minimum atomic E-state index is 0.887. The van der Waals surface area contributed by atoms with E-state index < -0.39 is 0 Å². The molecule has 0 aromatic heterocycles. The summed E-state index contributed by atoms with van der Waals surface area (Å²) in [5, 5.41) is 4.58. The van der Waals surface area contributed by atoms with Crippen LogP contribution in [0.4, 0.5) is 5.69 Å². The Morgan fingerprint density at radius 2 is 1.75 bits per heavy atom. The van der Waals surface area contributed by atoms with E-state index in [-0.39, 0.29) is 0 Å². The molecule has 0 saturated carbocycles. The summed E-state index contributed by atoms with van der Waals surface area (Å²) in [5.74, 6) is 0. The molecule has 1 aromatic rings. The number of likely N-dealkylation sites (N-methyl/N-ethyl adjacent to an activating group) is 1. The van der Waals surface area contributed by atoms with Gasteiger partial charge in [0.15, 0.2) is 0 Å². The van der Waals surface area contributed by atoms with Crippen LogP contribution < -0.4 is 5.01 Å². The molecule has 0 bridgehead atoms. The minimum absolute atomic E-state index is 0.887. The van der Waals surface area contributed by atoms with Crippen molar-refractivity contribution in [3.8, 4) is 0 Å². The standard InChI is InChI=1S/C14H22N2/c1-5-12-15(6-2)16(7-3)14-10-8-13(4)9-11-14/h5,8-11H,1,6-7,12H2,2-4H3. The molecule has 0 unspecified atom stereocenters. The Bertz CT molecular complexity index is 316. The van der Waals surface area contributed by atoms with Crippen molar-refractivity contribution in [2.75, 3.05) is 24.6 Å². The molecule has 2 heteroatoms. The lowest BCUT2D eigenvalue weighted by molar-refractivity contribution is 0.294. The molecule has 2 nitrogen and oxygen atoms in total. The van der Waals surface area contributed by atoms with Gasteiger partial charge in [-0.1, -0.05) is 30.7 Å². The van der Waals surface area contributed by atoms with Crippen LogP contribution in [0, 0.1) is 6.92 Å². The topological polar surface area (TPSA) is 6.48 Å². The Morgan fingerprint density at radius 1 is 1.12 bits per heavy atom. The van der Waals surface area contributed by atoms with E-state index in [2.05, 4.69) is 61.6 Å². The second-order valence-electron chi connectivity index (χ2n) is 3.85. The molecule has 0 N–H and O–H groups in total. The summed E-state index contributed by atoms with van der Waals surface area (Å²) >= 11 is 0. The van der Waals surface area contributed by atoms with Crippen LogP contribution in [0.2, 0.25) is 0 Å². The third kappa shape index (κ3) is 3.11. The van der Waals surface area contributed by atoms with Gasteiger partial charge in [0.25, 0.3) is 0 Å². The SMILES string of the molecule is C=CCN(CC)N(CC)c1ccc(C)cc1. The van der Waals surface area contributed by atoms with Gasteiger partial charge in [0.05, 0.1) is 5.69 Å². The molecule has 0 saturated heterocycles. The van der Waals surface area contributed by atoms with Crippen LogP contribution in [0.5, 0.6) is 0 Å². The monoisotopic (exact) mass is 218 g/mol. The molecule has 0 radical (unpaired) electrons. The van der Waals surface area contributed by atoms with Gasteiger partial charge in [-0.3, -0.25) is 0 Å². The molecule has 16 heavy (non-hydrogen) atoms. The summed E-state index contributed by atoms with van der Waals surface area (Å²) in [6.07, 6.45) is 1.94. The van der Waals surface area contributed by atoms with Crippen molar-refractivity contribution in [3.05, 3.63) is 42.5 Å². The summed E-state index contributed by atoms with van der Waals surface area (Å²) in [5.41, 5.74) is 2.54. The molecule has 0 aliphatic rings. The highest BCUT2D eigenvalue weighted by Crippen LogP contribution is 2.16. The lowest BCUT2D eigenvalue weighted by Crippen LogP contribution is -2.42. The van der Waals surface area contributed by atoms with Crippen LogP contribution in [-0.4, -0.2) is 24.6 Å². The largest absolute Gasteiger partial charge is 0.306 e. The smallest absolute Gasteiger partial charge is 0.0522 e. The zero-order chi connectivity index (χ0) is 12.0. The van der Waals surface area contributed by atoms with Crippen molar-refractivity contribution in [2.45, 2.75) is 20.8 Å². The van der Waals surface area contributed by atoms with Gasteiger partial charge in [0.2, 0.25) is 0 Å². The molecule has 0 atom stereocenters. The van der Waals surface area contributed by atoms with Gasteiger partial charge >= 0.3 is 0 Å². The molecule has 0 aliphatic heterocycles. The molecule has 0 fully saturated rings. The molecule has 1 rings (SSSR count). The lowest BCUT2D eigenvalue weighted by Gasteiger charge is -2.34. The van der Waals surface area contributed by atoms with Crippen molar-refractivity contribution in [1.29, 1.82) is 0 Å². The zero-order valence-electron chi connectivity index (χ0n) is 10.6. The maximum atomic E-state index is 3.80. The zero-order valence-corrected chi connectivity index (χ0v) is 10.6. The summed E-state index contributed by atoms with van der Waals surface area (Å²) in [6, 6.07) is 8.65. The second kappa shape index (κ2) is 6.33. The Balaban J connectivity index is 2.87. The van der Waals surface area contributed by atoms with Crippen molar-refractivity contribution < 1.29 is 0 Å². The number of hydrogen-bond acceptors (Lipinski definition) is 2. The highest BCUT2D eigenvalue weighted by atomic mass is 15.6. The van der Waals surface area contributed by atoms with Crippen LogP contribution in [0.1, 0.15) is 19.4 Å². The number of aryl methyl sites for hydroxylation is 1. The quantitative estimate of drug-likeness (QED) is 0.534. The molecule has 1 aromatic carbocycles. The summed E-state index contributed by atoms with van der Waals surface area (Å²) in [4.78, 5) is 0. The third-order valence-corrected chi connectivity index (χ3v) is 2.68. The predicted octanol–water partition coefficient (Wildman–Crippen LogP) is 3.24. The highest BCUT2D eigenvalue weighted by Gasteiger charge is 2.10. The van der Waals surface area contributed by atoms with Crippen molar-refractivity contribution in [1.82, 2.24) is 5.01 Å². The van der Waals surface area contributed by atoms with Crippen LogP contribution in [0.3, 0.4) is 0 Å². The number of nitrogens with zero attached hydrogens (tertiary/aromatic N) is 2. The van der Waals surface area contributed by atoms with E-state index in [4.69, 9.17) is 0 Å². The van der Waals surface area contributed by atoms with Crippen molar-refractivity contribution >= 4 is 5.69 Å². The molecule has 0 heterocycles. The van der Waals surface area contributed by atoms with E-state index in [1.807, 2.05) is 6.08 Å². The first-order valence-electron chi connectivity index (χ1n) is 5.92. The van der Waals surface area contributed by atoms with E-state index in [1.54, 1.807) is 0 Å². The molecular formula is C14H22N2. The van der Waals surface area contributed by atoms with Gasteiger partial charge in [-0.05, 0) is 26.0 Å². The van der Waals surface area contributed by atoms with E-state index in [9.17, 15) is 0 Å². The van der Waals surface area contributed by atoms with Crippen molar-refractivity contribution in [2.24, 2.45) is 0 Å². The van der Waals surface area contributed by atoms with E-state index in [0.29, 0.717) is 0 Å². The molecule has 0 spiro atoms. The Morgan fingerprint density at radius 3 is 2.19 bits per heavy atom. The van der Waals surface area contributed by atoms with E-state index in [1.165, 1.54) is 11.3 Å². The number of hydrogen-bond donors (Lipinski definition) is 0. The van der Waals surface area contributed by atoms with Gasteiger partial charge in [0, 0.05) is 19.6 Å². The fourth-order valence-corrected chi connectivity index (χ4v) is 1.81. The summed E-state index contributed by atoms with van der Waals surface area (Å²) in [7, 11) is 0. The predicted molar refractivity (Wildman–Crippen MR) is 71.6 cm³/mol. The van der Waals surface area contributed by atoms with E-state index in [0.717, 1.165) is 19.6 Å². The Labute approximate surface area is 99.2 Å². The van der Waals surface area contributed by atoms with Crippen LogP contribution in [0.25, 0.3) is 0 Å². The number of benzene rings is 1. The number of hydrazine groups is 1. The highest BCUT2D eigenvalue weighted by molar-refractivity contribution is 5.46. The van der Waals surface area contributed by atoms with Crippen molar-refractivity contribution in [3.63, 3.8) is 0 Å². The molecule has 0 aliphatic carbocycles. The van der Waals surface area contributed by atoms with Crippen LogP contribution >= 0.6 is 0 Å². The first-order chi connectivity index (χ1) is 7.72. The van der Waals surface area contributed by atoms with Gasteiger partial charge in [0.1, 0.15) is 0 Å². The van der Waals surface area contributed by atoms with Crippen LogP contribution in [-0.2, 0) is 0 Å². The minimum Gasteiger partial charge on any atom is -0.306 e. The molecular weight excluding hydrogens is 196 g/mol. The maximum Gasteiger partial charge on any atom is 0.0522 e. The molecule has 88 valence electrons. The fourth-order valence-electron chi connectivity index (χ4n) is 1.81. The van der Waals surface area contributed by atoms with Gasteiger partial charge in [-0.25, -0.2) is 5.01 Å². The number of anilines is 1. The lowest BCUT2D eigenvalue weighted by atomic mass is 10.2. The first kappa shape index (κ1) is 12.8. The van der Waals surface area contributed by atoms with Gasteiger partial charge < -0.3 is 5.01 Å². The van der Waals surface area contributed by atoms with Crippen LogP contribution in [0.15, 0.2) is 36.9 Å². The van der Waals surface area contributed by atoms with Gasteiger partial charge in [-0.2, -0.15) is 0 Å². The Hall–Kier alpha value is -1.28. The second-order valence-corrected chi connectivity index (χ2v) is 3.85. The first-order valence-corrected chi connectivity index (χ1v) is 5.92. The molecule has 0 amide bonds. The van der Waals surface area contributed by atoms with Gasteiger partial charge in [-0.15, -0.1) is 6.58 Å². The summed E-state index contributed by atoms with van der Waals surface area (Å²) < 4.78 is 0.